The summed E-state index contributed by atoms with van der Waals surface area (Å²) >= 11 is 0. The zero-order valence-corrected chi connectivity index (χ0v) is 8.78. The average Bonchev–Trinajstić information content (AvgIpc) is 2.71. The Morgan fingerprint density at radius 2 is 2.13 bits per heavy atom. The van der Waals surface area contributed by atoms with Crippen LogP contribution in [0.1, 0.15) is 31.4 Å². The molecule has 82 valence electrons. The van der Waals surface area contributed by atoms with Gasteiger partial charge in [-0.25, -0.2) is 0 Å². The van der Waals surface area contributed by atoms with Crippen molar-refractivity contribution in [2.24, 2.45) is 11.8 Å². The Bertz CT molecular complexity index is 310. The standard InChI is InChI=1S/C12H17NO2/c14-12(15)10-5-3-9(4-6-10)8-11-2-1-7-13-11/h1-2,7,9-10,13H,3-6,8H2,(H,14,15). The van der Waals surface area contributed by atoms with Crippen LogP contribution in [0.4, 0.5) is 0 Å². The Labute approximate surface area is 89.5 Å². The predicted molar refractivity (Wildman–Crippen MR) is 57.6 cm³/mol. The molecule has 2 N–H and O–H groups in total. The number of carboxylic acid groups (broad SMARTS) is 1. The summed E-state index contributed by atoms with van der Waals surface area (Å²) in [4.78, 5) is 14.0. The summed E-state index contributed by atoms with van der Waals surface area (Å²) in [6.07, 6.45) is 6.81. The summed E-state index contributed by atoms with van der Waals surface area (Å²) in [6, 6.07) is 4.11. The Morgan fingerprint density at radius 1 is 1.40 bits per heavy atom. The van der Waals surface area contributed by atoms with Crippen LogP contribution in [0.5, 0.6) is 0 Å². The van der Waals surface area contributed by atoms with E-state index >= 15 is 0 Å². The monoisotopic (exact) mass is 207 g/mol. The van der Waals surface area contributed by atoms with Crippen LogP contribution in [0.2, 0.25) is 0 Å². The Balaban J connectivity index is 1.81. The number of rotatable bonds is 3. The van der Waals surface area contributed by atoms with Crippen LogP contribution < -0.4 is 0 Å². The molecule has 1 aliphatic carbocycles. The van der Waals surface area contributed by atoms with E-state index in [1.54, 1.807) is 0 Å². The topological polar surface area (TPSA) is 53.1 Å². The molecular formula is C12H17NO2. The summed E-state index contributed by atoms with van der Waals surface area (Å²) in [5.41, 5.74) is 1.27. The molecule has 1 aliphatic rings. The van der Waals surface area contributed by atoms with E-state index in [1.807, 2.05) is 12.3 Å². The van der Waals surface area contributed by atoms with Crippen molar-refractivity contribution in [1.82, 2.24) is 4.98 Å². The SMILES string of the molecule is O=C(O)C1CCC(Cc2ccc[nH]2)CC1. The average molecular weight is 207 g/mol. The van der Waals surface area contributed by atoms with Crippen LogP contribution in [0, 0.1) is 11.8 Å². The van der Waals surface area contributed by atoms with E-state index in [1.165, 1.54) is 5.69 Å². The molecule has 0 spiro atoms. The van der Waals surface area contributed by atoms with Crippen LogP contribution in [0.25, 0.3) is 0 Å². The molecule has 1 fully saturated rings. The second-order valence-electron chi connectivity index (χ2n) is 4.46. The van der Waals surface area contributed by atoms with Crippen molar-refractivity contribution in [3.8, 4) is 0 Å². The molecule has 1 aromatic heterocycles. The van der Waals surface area contributed by atoms with Gasteiger partial charge in [0.1, 0.15) is 0 Å². The number of aromatic nitrogens is 1. The number of hydrogen-bond acceptors (Lipinski definition) is 1. The lowest BCUT2D eigenvalue weighted by Crippen LogP contribution is -2.22. The summed E-state index contributed by atoms with van der Waals surface area (Å²) in [6.45, 7) is 0. The molecule has 0 radical (unpaired) electrons. The maximum Gasteiger partial charge on any atom is 0.306 e. The highest BCUT2D eigenvalue weighted by atomic mass is 16.4. The van der Waals surface area contributed by atoms with Gasteiger partial charge in [0.15, 0.2) is 0 Å². The minimum absolute atomic E-state index is 0.0927. The molecule has 0 aliphatic heterocycles. The molecule has 0 amide bonds. The van der Waals surface area contributed by atoms with Crippen molar-refractivity contribution in [1.29, 1.82) is 0 Å². The number of carbonyl (C=O) groups is 1. The molecule has 1 heterocycles. The number of nitrogens with one attached hydrogen (secondary N) is 1. The summed E-state index contributed by atoms with van der Waals surface area (Å²) < 4.78 is 0. The number of carboxylic acids is 1. The quantitative estimate of drug-likeness (QED) is 0.799. The predicted octanol–water partition coefficient (Wildman–Crippen LogP) is 2.45. The van der Waals surface area contributed by atoms with E-state index in [0.717, 1.165) is 32.1 Å². The van der Waals surface area contributed by atoms with Gasteiger partial charge in [-0.2, -0.15) is 0 Å². The first-order valence-corrected chi connectivity index (χ1v) is 5.61. The summed E-state index contributed by atoms with van der Waals surface area (Å²) in [5.74, 6) is -0.0440. The second kappa shape index (κ2) is 4.51. The third kappa shape index (κ3) is 2.61. The van der Waals surface area contributed by atoms with Crippen molar-refractivity contribution in [2.45, 2.75) is 32.1 Å². The molecule has 0 bridgehead atoms. The molecule has 0 unspecified atom stereocenters. The maximum atomic E-state index is 10.8. The number of aromatic amines is 1. The van der Waals surface area contributed by atoms with Crippen molar-refractivity contribution in [3.05, 3.63) is 24.0 Å². The van der Waals surface area contributed by atoms with E-state index in [2.05, 4.69) is 11.1 Å². The molecule has 1 aromatic rings. The maximum absolute atomic E-state index is 10.8. The van der Waals surface area contributed by atoms with Gasteiger partial charge >= 0.3 is 5.97 Å². The van der Waals surface area contributed by atoms with Gasteiger partial charge in [-0.15, -0.1) is 0 Å². The normalized spacial score (nSPS) is 26.4. The van der Waals surface area contributed by atoms with Gasteiger partial charge in [-0.05, 0) is 50.2 Å². The zero-order valence-electron chi connectivity index (χ0n) is 8.78. The molecule has 0 saturated heterocycles. The molecule has 3 heteroatoms. The van der Waals surface area contributed by atoms with Crippen LogP contribution in [0.3, 0.4) is 0 Å². The lowest BCUT2D eigenvalue weighted by atomic mass is 9.80. The van der Waals surface area contributed by atoms with Crippen LogP contribution in [0.15, 0.2) is 18.3 Å². The first kappa shape index (κ1) is 10.3. The second-order valence-corrected chi connectivity index (χ2v) is 4.46. The number of aliphatic carboxylic acids is 1. The summed E-state index contributed by atoms with van der Waals surface area (Å²) in [5, 5.41) is 8.88. The van der Waals surface area contributed by atoms with Crippen molar-refractivity contribution in [3.63, 3.8) is 0 Å². The smallest absolute Gasteiger partial charge is 0.306 e. The first-order valence-electron chi connectivity index (χ1n) is 5.61. The lowest BCUT2D eigenvalue weighted by Gasteiger charge is -2.25. The van der Waals surface area contributed by atoms with E-state index < -0.39 is 5.97 Å². The Morgan fingerprint density at radius 3 is 2.67 bits per heavy atom. The third-order valence-electron chi connectivity index (χ3n) is 3.37. The molecular weight excluding hydrogens is 190 g/mol. The van der Waals surface area contributed by atoms with E-state index in [9.17, 15) is 4.79 Å². The van der Waals surface area contributed by atoms with E-state index in [0.29, 0.717) is 5.92 Å². The zero-order chi connectivity index (χ0) is 10.7. The van der Waals surface area contributed by atoms with E-state index in [-0.39, 0.29) is 5.92 Å². The van der Waals surface area contributed by atoms with Gasteiger partial charge in [-0.3, -0.25) is 4.79 Å². The first-order chi connectivity index (χ1) is 7.25. The van der Waals surface area contributed by atoms with Gasteiger partial charge in [0.05, 0.1) is 5.92 Å². The Hall–Kier alpha value is -1.25. The number of hydrogen-bond donors (Lipinski definition) is 2. The van der Waals surface area contributed by atoms with Crippen molar-refractivity contribution >= 4 is 5.97 Å². The largest absolute Gasteiger partial charge is 0.481 e. The highest BCUT2D eigenvalue weighted by Crippen LogP contribution is 2.30. The summed E-state index contributed by atoms with van der Waals surface area (Å²) in [7, 11) is 0. The van der Waals surface area contributed by atoms with Gasteiger partial charge in [0.2, 0.25) is 0 Å². The fourth-order valence-electron chi connectivity index (χ4n) is 2.42. The van der Waals surface area contributed by atoms with Crippen LogP contribution >= 0.6 is 0 Å². The molecule has 3 nitrogen and oxygen atoms in total. The highest BCUT2D eigenvalue weighted by Gasteiger charge is 2.25. The fourth-order valence-corrected chi connectivity index (χ4v) is 2.42. The lowest BCUT2D eigenvalue weighted by molar-refractivity contribution is -0.143. The number of H-pyrrole nitrogens is 1. The minimum Gasteiger partial charge on any atom is -0.481 e. The van der Waals surface area contributed by atoms with Gasteiger partial charge in [0, 0.05) is 11.9 Å². The molecule has 1 saturated carbocycles. The molecule has 0 atom stereocenters. The minimum atomic E-state index is -0.617. The van der Waals surface area contributed by atoms with Crippen LogP contribution in [-0.4, -0.2) is 16.1 Å². The third-order valence-corrected chi connectivity index (χ3v) is 3.37. The van der Waals surface area contributed by atoms with Gasteiger partial charge in [-0.1, -0.05) is 0 Å². The molecule has 0 aromatic carbocycles. The molecule has 15 heavy (non-hydrogen) atoms. The van der Waals surface area contributed by atoms with Crippen LogP contribution in [-0.2, 0) is 11.2 Å². The van der Waals surface area contributed by atoms with Gasteiger partial charge in [0.25, 0.3) is 0 Å². The highest BCUT2D eigenvalue weighted by molar-refractivity contribution is 5.69. The Kier molecular flexibility index (Phi) is 3.09. The van der Waals surface area contributed by atoms with Crippen molar-refractivity contribution < 1.29 is 9.90 Å². The molecule has 2 rings (SSSR count). The van der Waals surface area contributed by atoms with Gasteiger partial charge < -0.3 is 10.1 Å². The van der Waals surface area contributed by atoms with Crippen molar-refractivity contribution in [2.75, 3.05) is 0 Å². The van der Waals surface area contributed by atoms with E-state index in [4.69, 9.17) is 5.11 Å². The fraction of sp³-hybridized carbons (Fsp3) is 0.583.